The van der Waals surface area contributed by atoms with Gasteiger partial charge < -0.3 is 14.9 Å². The summed E-state index contributed by atoms with van der Waals surface area (Å²) in [5, 5.41) is 15.1. The maximum atomic E-state index is 12.1. The molecular formula is C14H14N4O3. The minimum atomic E-state index is -0.271. The van der Waals surface area contributed by atoms with E-state index in [9.17, 15) is 4.79 Å². The van der Waals surface area contributed by atoms with Crippen LogP contribution in [-0.4, -0.2) is 39.3 Å². The molecule has 108 valence electrons. The van der Waals surface area contributed by atoms with Gasteiger partial charge in [0.15, 0.2) is 5.82 Å². The summed E-state index contributed by atoms with van der Waals surface area (Å²) in [6.07, 6.45) is 3.45. The van der Waals surface area contributed by atoms with E-state index < -0.39 is 0 Å². The topological polar surface area (TPSA) is 101 Å². The molecule has 0 fully saturated rings. The number of pyridine rings is 1. The van der Waals surface area contributed by atoms with Crippen molar-refractivity contribution in [3.8, 4) is 11.8 Å². The van der Waals surface area contributed by atoms with Crippen LogP contribution < -0.4 is 5.32 Å². The molecule has 0 aliphatic rings. The molecule has 7 heteroatoms. The molecule has 0 spiro atoms. The first kappa shape index (κ1) is 14.7. The third-order valence-corrected chi connectivity index (χ3v) is 2.56. The molecule has 0 atom stereocenters. The molecule has 21 heavy (non-hydrogen) atoms. The predicted molar refractivity (Wildman–Crippen MR) is 73.3 cm³/mol. The smallest absolute Gasteiger partial charge is 0.252 e. The normalized spacial score (nSPS) is 9.81. The minimum absolute atomic E-state index is 0.268. The molecule has 1 amide bonds. The number of aromatic nitrogens is 3. The first-order valence-electron chi connectivity index (χ1n) is 6.32. The zero-order valence-corrected chi connectivity index (χ0v) is 11.5. The summed E-state index contributed by atoms with van der Waals surface area (Å²) in [5.41, 5.74) is 0.880. The van der Waals surface area contributed by atoms with Crippen molar-refractivity contribution in [2.24, 2.45) is 0 Å². The molecule has 2 N–H and O–H groups in total. The van der Waals surface area contributed by atoms with Gasteiger partial charge in [-0.2, -0.15) is 4.98 Å². The lowest BCUT2D eigenvalue weighted by Gasteiger charge is -2.05. The van der Waals surface area contributed by atoms with Crippen molar-refractivity contribution in [3.05, 3.63) is 41.3 Å². The fourth-order valence-corrected chi connectivity index (χ4v) is 1.65. The van der Waals surface area contributed by atoms with Crippen molar-refractivity contribution < 1.29 is 14.4 Å². The molecule has 0 saturated heterocycles. The Bertz CT molecular complexity index is 685. The number of nitrogens with zero attached hydrogens (tertiary/aromatic N) is 3. The van der Waals surface area contributed by atoms with Gasteiger partial charge in [-0.1, -0.05) is 17.0 Å². The summed E-state index contributed by atoms with van der Waals surface area (Å²) in [7, 11) is 0. The van der Waals surface area contributed by atoms with Gasteiger partial charge in [-0.25, -0.2) is 0 Å². The summed E-state index contributed by atoms with van der Waals surface area (Å²) < 4.78 is 4.96. The Morgan fingerprint density at radius 3 is 3.10 bits per heavy atom. The number of nitrogens with one attached hydrogen (secondary N) is 1. The average molecular weight is 286 g/mol. The van der Waals surface area contributed by atoms with Crippen molar-refractivity contribution in [1.29, 1.82) is 0 Å². The van der Waals surface area contributed by atoms with Crippen LogP contribution in [0.4, 0.5) is 0 Å². The van der Waals surface area contributed by atoms with E-state index in [0.717, 1.165) is 0 Å². The molecule has 0 aromatic carbocycles. The van der Waals surface area contributed by atoms with Crippen molar-refractivity contribution in [1.82, 2.24) is 20.4 Å². The van der Waals surface area contributed by atoms with Gasteiger partial charge in [-0.05, 0) is 13.0 Å². The van der Waals surface area contributed by atoms with Crippen LogP contribution in [0, 0.1) is 18.8 Å². The summed E-state index contributed by atoms with van der Waals surface area (Å²) in [6, 6.07) is 1.58. The van der Waals surface area contributed by atoms with Gasteiger partial charge in [-0.15, -0.1) is 0 Å². The van der Waals surface area contributed by atoms with E-state index >= 15 is 0 Å². The second-order valence-corrected chi connectivity index (χ2v) is 4.12. The van der Waals surface area contributed by atoms with E-state index in [1.807, 2.05) is 0 Å². The predicted octanol–water partition coefficient (Wildman–Crippen LogP) is 0.0893. The molecule has 2 rings (SSSR count). The SMILES string of the molecule is Cc1noc(CCNC(=O)c2ccncc2C#CCO)n1. The lowest BCUT2D eigenvalue weighted by Crippen LogP contribution is -2.26. The van der Waals surface area contributed by atoms with Crippen molar-refractivity contribution in [3.63, 3.8) is 0 Å². The minimum Gasteiger partial charge on any atom is -0.384 e. The maximum absolute atomic E-state index is 12.1. The zero-order valence-electron chi connectivity index (χ0n) is 11.5. The number of aryl methyl sites for hydroxylation is 1. The average Bonchev–Trinajstić information content (AvgIpc) is 2.91. The fraction of sp³-hybridized carbons (Fsp3) is 0.286. The van der Waals surface area contributed by atoms with Gasteiger partial charge >= 0.3 is 0 Å². The molecule has 0 radical (unpaired) electrons. The molecule has 2 heterocycles. The Morgan fingerprint density at radius 2 is 2.38 bits per heavy atom. The third-order valence-electron chi connectivity index (χ3n) is 2.56. The first-order valence-corrected chi connectivity index (χ1v) is 6.32. The number of carbonyl (C=O) groups excluding carboxylic acids is 1. The van der Waals surface area contributed by atoms with Crippen molar-refractivity contribution in [2.75, 3.05) is 13.2 Å². The summed E-state index contributed by atoms with van der Waals surface area (Å²) in [4.78, 5) is 20.1. The summed E-state index contributed by atoms with van der Waals surface area (Å²) in [6.45, 7) is 1.83. The van der Waals surface area contributed by atoms with Gasteiger partial charge in [0.05, 0.1) is 11.1 Å². The van der Waals surface area contributed by atoms with Gasteiger partial charge in [-0.3, -0.25) is 9.78 Å². The van der Waals surface area contributed by atoms with Crippen LogP contribution in [0.1, 0.15) is 27.6 Å². The van der Waals surface area contributed by atoms with Crippen LogP contribution >= 0.6 is 0 Å². The molecule has 7 nitrogen and oxygen atoms in total. The number of rotatable bonds is 4. The van der Waals surface area contributed by atoms with Gasteiger partial charge in [0, 0.05) is 25.4 Å². The highest BCUT2D eigenvalue weighted by Gasteiger charge is 2.10. The summed E-state index contributed by atoms with van der Waals surface area (Å²) in [5.74, 6) is 5.96. The summed E-state index contributed by atoms with van der Waals surface area (Å²) >= 11 is 0. The Morgan fingerprint density at radius 1 is 1.52 bits per heavy atom. The Kier molecular flexibility index (Phi) is 5.01. The Labute approximate surface area is 121 Å². The van der Waals surface area contributed by atoms with Crippen LogP contribution in [0.2, 0.25) is 0 Å². The van der Waals surface area contributed by atoms with E-state index in [0.29, 0.717) is 35.8 Å². The monoisotopic (exact) mass is 286 g/mol. The van der Waals surface area contributed by atoms with E-state index in [1.165, 1.54) is 12.4 Å². The van der Waals surface area contributed by atoms with Gasteiger partial charge in [0.1, 0.15) is 6.61 Å². The van der Waals surface area contributed by atoms with Crippen LogP contribution in [0.25, 0.3) is 0 Å². The van der Waals surface area contributed by atoms with E-state index in [1.54, 1.807) is 13.0 Å². The highest BCUT2D eigenvalue weighted by atomic mass is 16.5. The van der Waals surface area contributed by atoms with Crippen LogP contribution in [0.5, 0.6) is 0 Å². The second kappa shape index (κ2) is 7.17. The van der Waals surface area contributed by atoms with E-state index in [-0.39, 0.29) is 12.5 Å². The largest absolute Gasteiger partial charge is 0.384 e. The number of hydrogen-bond donors (Lipinski definition) is 2. The number of amides is 1. The highest BCUT2D eigenvalue weighted by Crippen LogP contribution is 2.05. The molecule has 0 unspecified atom stereocenters. The van der Waals surface area contributed by atoms with Crippen LogP contribution in [-0.2, 0) is 6.42 Å². The maximum Gasteiger partial charge on any atom is 0.252 e. The quantitative estimate of drug-likeness (QED) is 0.772. The zero-order chi connectivity index (χ0) is 15.1. The molecule has 2 aromatic heterocycles. The standard InChI is InChI=1S/C14H14N4O3/c1-10-17-13(21-18-10)5-7-16-14(20)12-4-6-15-9-11(12)3-2-8-19/h4,6,9,19H,5,7-8H2,1H3,(H,16,20). The second-order valence-electron chi connectivity index (χ2n) is 4.12. The lowest BCUT2D eigenvalue weighted by molar-refractivity contribution is 0.0953. The van der Waals surface area contributed by atoms with Crippen molar-refractivity contribution in [2.45, 2.75) is 13.3 Å². The molecule has 0 aliphatic carbocycles. The number of aliphatic hydroxyl groups excluding tert-OH is 1. The Balaban J connectivity index is 1.97. The first-order chi connectivity index (χ1) is 10.2. The van der Waals surface area contributed by atoms with Crippen LogP contribution in [0.3, 0.4) is 0 Å². The molecular weight excluding hydrogens is 272 g/mol. The molecule has 0 saturated carbocycles. The van der Waals surface area contributed by atoms with E-state index in [4.69, 9.17) is 9.63 Å². The van der Waals surface area contributed by atoms with Crippen molar-refractivity contribution >= 4 is 5.91 Å². The van der Waals surface area contributed by atoms with Crippen LogP contribution in [0.15, 0.2) is 23.0 Å². The number of hydrogen-bond acceptors (Lipinski definition) is 6. The third kappa shape index (κ3) is 4.12. The molecule has 0 aliphatic heterocycles. The lowest BCUT2D eigenvalue weighted by atomic mass is 10.1. The van der Waals surface area contributed by atoms with Gasteiger partial charge in [0.2, 0.25) is 5.89 Å². The molecule has 0 bridgehead atoms. The van der Waals surface area contributed by atoms with Gasteiger partial charge in [0.25, 0.3) is 5.91 Å². The fourth-order valence-electron chi connectivity index (χ4n) is 1.65. The molecule has 2 aromatic rings. The number of carbonyl (C=O) groups is 1. The highest BCUT2D eigenvalue weighted by molar-refractivity contribution is 5.96. The Hall–Kier alpha value is -2.72. The number of aliphatic hydroxyl groups is 1. The van der Waals surface area contributed by atoms with E-state index in [2.05, 4.69) is 32.3 Å².